The summed E-state index contributed by atoms with van der Waals surface area (Å²) in [5, 5.41) is 31.4. The molecule has 4 fully saturated rings. The highest BCUT2D eigenvalue weighted by molar-refractivity contribution is 5.76. The van der Waals surface area contributed by atoms with Crippen LogP contribution in [-0.4, -0.2) is 46.6 Å². The summed E-state index contributed by atoms with van der Waals surface area (Å²) in [5.74, 6) is 0.323. The third-order valence-corrected chi connectivity index (χ3v) is 10.9. The Morgan fingerprint density at radius 3 is 2.31 bits per heavy atom. The van der Waals surface area contributed by atoms with Gasteiger partial charge in [-0.05, 0) is 74.0 Å². The lowest BCUT2D eigenvalue weighted by molar-refractivity contribution is -0.322. The van der Waals surface area contributed by atoms with Gasteiger partial charge in [0.1, 0.15) is 0 Å². The molecule has 3 N–H and O–H groups in total. The van der Waals surface area contributed by atoms with Crippen molar-refractivity contribution in [3.05, 3.63) is 46.5 Å². The lowest BCUT2D eigenvalue weighted by Crippen LogP contribution is -2.58. The van der Waals surface area contributed by atoms with Gasteiger partial charge in [-0.15, -0.1) is 0 Å². The van der Waals surface area contributed by atoms with E-state index < -0.39 is 17.0 Å². The van der Waals surface area contributed by atoms with Crippen LogP contribution in [0.25, 0.3) is 0 Å². The van der Waals surface area contributed by atoms with Crippen molar-refractivity contribution in [2.75, 3.05) is 13.2 Å². The minimum Gasteiger partial charge on any atom is -0.390 e. The zero-order valence-electron chi connectivity index (χ0n) is 22.4. The first-order valence-corrected chi connectivity index (χ1v) is 14.0. The average Bonchev–Trinajstić information content (AvgIpc) is 3.08. The normalized spacial score (nSPS) is 43.0. The molecule has 36 heavy (non-hydrogen) atoms. The molecule has 6 rings (SSSR count). The minimum absolute atomic E-state index is 0.00521. The lowest BCUT2D eigenvalue weighted by atomic mass is 9.50. The fraction of sp³-hybridized carbons (Fsp3) is 0.710. The van der Waals surface area contributed by atoms with Gasteiger partial charge in [-0.2, -0.15) is 0 Å². The number of benzene rings is 1. The van der Waals surface area contributed by atoms with Crippen LogP contribution >= 0.6 is 0 Å². The number of aliphatic hydroxyl groups is 2. The highest BCUT2D eigenvalue weighted by Crippen LogP contribution is 2.67. The molecule has 1 aliphatic heterocycles. The van der Waals surface area contributed by atoms with Crippen molar-refractivity contribution in [3.8, 4) is 0 Å². The Morgan fingerprint density at radius 2 is 1.64 bits per heavy atom. The standard InChI is InChI=1S/C31H43NO4/c1-27(2)18-35-31(36-19-27)14-11-25-26-22(9-13-30(25,34)17-31)24-10-12-29(4,33)28(24,3)15-23(26)21-7-5-20(16-32)6-8-21/h5-8,16,22-24,32-34H,9-15,17-19H2,1-4H3/t22?,23-,24?,28+,29?,30?/m1/s1. The van der Waals surface area contributed by atoms with Crippen molar-refractivity contribution in [2.24, 2.45) is 22.7 Å². The third-order valence-electron chi connectivity index (χ3n) is 10.9. The van der Waals surface area contributed by atoms with Crippen LogP contribution in [0.5, 0.6) is 0 Å². The molecule has 196 valence electrons. The fourth-order valence-electron chi connectivity index (χ4n) is 8.60. The SMILES string of the molecule is CC1(C)COC2(CCC3=C4C(CCC3(O)C2)C2CCC(C)(O)[C@@]2(C)C[C@@H]4c2ccc(C=N)cc2)OC1. The Bertz CT molecular complexity index is 1080. The van der Waals surface area contributed by atoms with Crippen LogP contribution in [0.2, 0.25) is 0 Å². The molecular weight excluding hydrogens is 450 g/mol. The maximum atomic E-state index is 12.2. The molecule has 0 amide bonds. The monoisotopic (exact) mass is 493 g/mol. The van der Waals surface area contributed by atoms with Crippen molar-refractivity contribution in [2.45, 2.75) is 102 Å². The van der Waals surface area contributed by atoms with Crippen LogP contribution in [0.15, 0.2) is 35.4 Å². The first kappa shape index (κ1) is 24.8. The maximum Gasteiger partial charge on any atom is 0.171 e. The lowest BCUT2D eigenvalue weighted by Gasteiger charge is -2.58. The molecule has 0 bridgehead atoms. The summed E-state index contributed by atoms with van der Waals surface area (Å²) in [6.45, 7) is 10.0. The topological polar surface area (TPSA) is 82.8 Å². The molecule has 5 aliphatic rings. The highest BCUT2D eigenvalue weighted by atomic mass is 16.7. The molecule has 4 aliphatic carbocycles. The van der Waals surface area contributed by atoms with E-state index in [1.807, 2.05) is 19.1 Å². The maximum absolute atomic E-state index is 12.2. The minimum atomic E-state index is -0.895. The highest BCUT2D eigenvalue weighted by Gasteiger charge is 2.63. The van der Waals surface area contributed by atoms with Crippen molar-refractivity contribution in [1.29, 1.82) is 5.41 Å². The molecule has 0 radical (unpaired) electrons. The number of rotatable bonds is 2. The Morgan fingerprint density at radius 1 is 0.944 bits per heavy atom. The van der Waals surface area contributed by atoms with Gasteiger partial charge in [0, 0.05) is 35.8 Å². The summed E-state index contributed by atoms with van der Waals surface area (Å²) in [4.78, 5) is 0. The van der Waals surface area contributed by atoms with E-state index >= 15 is 0 Å². The number of ether oxygens (including phenoxy) is 2. The zero-order chi connectivity index (χ0) is 25.6. The van der Waals surface area contributed by atoms with Gasteiger partial charge >= 0.3 is 0 Å². The number of hydrogen-bond donors (Lipinski definition) is 3. The molecule has 5 nitrogen and oxygen atoms in total. The average molecular weight is 494 g/mol. The van der Waals surface area contributed by atoms with E-state index in [1.165, 1.54) is 22.9 Å². The van der Waals surface area contributed by atoms with E-state index in [4.69, 9.17) is 14.9 Å². The molecule has 1 spiro atoms. The van der Waals surface area contributed by atoms with Gasteiger partial charge in [-0.3, -0.25) is 0 Å². The Labute approximate surface area is 215 Å². The van der Waals surface area contributed by atoms with E-state index in [0.29, 0.717) is 31.5 Å². The van der Waals surface area contributed by atoms with Gasteiger partial charge in [-0.25, -0.2) is 0 Å². The molecule has 1 aromatic rings. The smallest absolute Gasteiger partial charge is 0.171 e. The van der Waals surface area contributed by atoms with E-state index in [1.54, 1.807) is 0 Å². The number of fused-ring (bicyclic) bond motifs is 4. The zero-order valence-corrected chi connectivity index (χ0v) is 22.4. The van der Waals surface area contributed by atoms with Crippen molar-refractivity contribution in [1.82, 2.24) is 0 Å². The van der Waals surface area contributed by atoms with Crippen molar-refractivity contribution in [3.63, 3.8) is 0 Å². The van der Waals surface area contributed by atoms with Gasteiger partial charge < -0.3 is 25.1 Å². The van der Waals surface area contributed by atoms with Crippen molar-refractivity contribution >= 4 is 6.21 Å². The fourth-order valence-corrected chi connectivity index (χ4v) is 8.60. The summed E-state index contributed by atoms with van der Waals surface area (Å²) in [6.07, 6.45) is 7.97. The van der Waals surface area contributed by atoms with Gasteiger partial charge in [0.05, 0.1) is 24.4 Å². The van der Waals surface area contributed by atoms with Crippen LogP contribution in [0.4, 0.5) is 0 Å². The predicted molar refractivity (Wildman–Crippen MR) is 140 cm³/mol. The summed E-state index contributed by atoms with van der Waals surface area (Å²) in [7, 11) is 0. The van der Waals surface area contributed by atoms with E-state index in [-0.39, 0.29) is 16.7 Å². The largest absolute Gasteiger partial charge is 0.390 e. The number of hydrogen-bond acceptors (Lipinski definition) is 5. The second-order valence-electron chi connectivity index (χ2n) is 13.8. The molecule has 3 saturated carbocycles. The van der Waals surface area contributed by atoms with Crippen molar-refractivity contribution < 1.29 is 19.7 Å². The molecular formula is C31H43NO4. The molecule has 5 heteroatoms. The van der Waals surface area contributed by atoms with Gasteiger partial charge in [0.25, 0.3) is 0 Å². The van der Waals surface area contributed by atoms with E-state index in [2.05, 4.69) is 32.9 Å². The molecule has 0 aromatic heterocycles. The Kier molecular flexibility index (Phi) is 5.50. The van der Waals surface area contributed by atoms with Gasteiger partial charge in [-0.1, -0.05) is 50.6 Å². The molecule has 4 unspecified atom stereocenters. The summed E-state index contributed by atoms with van der Waals surface area (Å²) in [6, 6.07) is 8.38. The summed E-state index contributed by atoms with van der Waals surface area (Å²) in [5.41, 5.74) is 3.09. The van der Waals surface area contributed by atoms with Crippen LogP contribution in [0.3, 0.4) is 0 Å². The quantitative estimate of drug-likeness (QED) is 0.363. The molecule has 6 atom stereocenters. The summed E-state index contributed by atoms with van der Waals surface area (Å²) < 4.78 is 12.7. The number of nitrogens with one attached hydrogen (secondary N) is 1. The van der Waals surface area contributed by atoms with Crippen LogP contribution in [0.1, 0.15) is 96.1 Å². The molecule has 1 saturated heterocycles. The molecule has 1 aromatic carbocycles. The second-order valence-corrected chi connectivity index (χ2v) is 13.8. The van der Waals surface area contributed by atoms with Crippen LogP contribution < -0.4 is 0 Å². The van der Waals surface area contributed by atoms with E-state index in [9.17, 15) is 10.2 Å². The first-order valence-electron chi connectivity index (χ1n) is 14.0. The van der Waals surface area contributed by atoms with Gasteiger partial charge in [0.15, 0.2) is 5.79 Å². The Balaban J connectivity index is 1.43. The Hall–Kier alpha value is -1.53. The van der Waals surface area contributed by atoms with Crippen LogP contribution in [0, 0.1) is 28.1 Å². The molecule has 1 heterocycles. The summed E-state index contributed by atoms with van der Waals surface area (Å²) >= 11 is 0. The third kappa shape index (κ3) is 3.60. The first-order chi connectivity index (χ1) is 16.9. The second kappa shape index (κ2) is 7.99. The predicted octanol–water partition coefficient (Wildman–Crippen LogP) is 5.73. The van der Waals surface area contributed by atoms with Crippen LogP contribution in [-0.2, 0) is 9.47 Å². The number of allylic oxidation sites excluding steroid dienone is 1. The van der Waals surface area contributed by atoms with E-state index in [0.717, 1.165) is 50.5 Å². The van der Waals surface area contributed by atoms with Gasteiger partial charge in [0.2, 0.25) is 0 Å².